The summed E-state index contributed by atoms with van der Waals surface area (Å²) >= 11 is 5.80. The Morgan fingerprint density at radius 2 is 2.18 bits per heavy atom. The van der Waals surface area contributed by atoms with E-state index in [-0.39, 0.29) is 24.7 Å². The maximum absolute atomic E-state index is 11.9. The lowest BCUT2D eigenvalue weighted by atomic mass is 10.1. The highest BCUT2D eigenvalue weighted by atomic mass is 35.5. The number of aliphatic hydroxyl groups excluding tert-OH is 1. The first-order chi connectivity index (χ1) is 8.08. The molecular formula is C12H16ClNO3. The molecule has 0 aliphatic heterocycles. The topological polar surface area (TPSA) is 60.8 Å². The Bertz CT molecular complexity index is 395. The van der Waals surface area contributed by atoms with Crippen molar-refractivity contribution in [2.24, 2.45) is 0 Å². The van der Waals surface area contributed by atoms with Gasteiger partial charge in [0.05, 0.1) is 13.0 Å². The first-order valence-electron chi connectivity index (χ1n) is 5.44. The van der Waals surface area contributed by atoms with Gasteiger partial charge in [-0.1, -0.05) is 11.6 Å². The van der Waals surface area contributed by atoms with Gasteiger partial charge in [-0.15, -0.1) is 0 Å². The van der Waals surface area contributed by atoms with Crippen molar-refractivity contribution in [3.8, 4) is 5.75 Å². The Morgan fingerprint density at radius 3 is 2.76 bits per heavy atom. The Labute approximate surface area is 105 Å². The van der Waals surface area contributed by atoms with Crippen LogP contribution in [-0.4, -0.2) is 40.7 Å². The Balaban J connectivity index is 2.76. The van der Waals surface area contributed by atoms with Crippen molar-refractivity contribution in [2.75, 3.05) is 19.7 Å². The highest BCUT2D eigenvalue weighted by Gasteiger charge is 2.14. The summed E-state index contributed by atoms with van der Waals surface area (Å²) in [6.45, 7) is 2.60. The number of likely N-dealkylation sites (N-methyl/N-ethyl adjacent to an activating group) is 1. The third-order valence-electron chi connectivity index (χ3n) is 2.49. The van der Waals surface area contributed by atoms with Crippen molar-refractivity contribution in [3.63, 3.8) is 0 Å². The Hall–Kier alpha value is -1.26. The average Bonchev–Trinajstić information content (AvgIpc) is 2.30. The quantitative estimate of drug-likeness (QED) is 0.839. The molecule has 17 heavy (non-hydrogen) atoms. The van der Waals surface area contributed by atoms with Gasteiger partial charge in [0.15, 0.2) is 0 Å². The van der Waals surface area contributed by atoms with E-state index in [1.807, 2.05) is 6.92 Å². The molecule has 1 aromatic carbocycles. The lowest BCUT2D eigenvalue weighted by Crippen LogP contribution is -2.34. The van der Waals surface area contributed by atoms with Gasteiger partial charge in [-0.3, -0.25) is 4.79 Å². The van der Waals surface area contributed by atoms with Gasteiger partial charge in [0.25, 0.3) is 0 Å². The molecule has 0 unspecified atom stereocenters. The Morgan fingerprint density at radius 1 is 1.47 bits per heavy atom. The third kappa shape index (κ3) is 3.91. The normalized spacial score (nSPS) is 10.3. The Kier molecular flexibility index (Phi) is 5.25. The number of nitrogens with zero attached hydrogens (tertiary/aromatic N) is 1. The minimum absolute atomic E-state index is 0.0581. The van der Waals surface area contributed by atoms with Gasteiger partial charge >= 0.3 is 0 Å². The predicted molar refractivity (Wildman–Crippen MR) is 66.2 cm³/mol. The zero-order valence-electron chi connectivity index (χ0n) is 9.69. The van der Waals surface area contributed by atoms with Crippen LogP contribution in [-0.2, 0) is 11.2 Å². The molecule has 0 bridgehead atoms. The SMILES string of the molecule is CCN(CCO)C(=O)Cc1cc(Cl)ccc1O. The van der Waals surface area contributed by atoms with E-state index < -0.39 is 0 Å². The highest BCUT2D eigenvalue weighted by Crippen LogP contribution is 2.22. The molecule has 0 aliphatic rings. The van der Waals surface area contributed by atoms with Gasteiger partial charge in [-0.2, -0.15) is 0 Å². The zero-order chi connectivity index (χ0) is 12.8. The molecule has 4 nitrogen and oxygen atoms in total. The molecule has 0 saturated heterocycles. The van der Waals surface area contributed by atoms with Crippen molar-refractivity contribution in [3.05, 3.63) is 28.8 Å². The van der Waals surface area contributed by atoms with Crippen LogP contribution < -0.4 is 0 Å². The van der Waals surface area contributed by atoms with Crippen LogP contribution in [0.5, 0.6) is 5.75 Å². The molecule has 5 heteroatoms. The standard InChI is InChI=1S/C12H16ClNO3/c1-2-14(5-6-15)12(17)8-9-7-10(13)3-4-11(9)16/h3-4,7,15-16H,2,5-6,8H2,1H3. The van der Waals surface area contributed by atoms with Crippen LogP contribution in [0.15, 0.2) is 18.2 Å². The fourth-order valence-electron chi connectivity index (χ4n) is 1.55. The van der Waals surface area contributed by atoms with E-state index in [2.05, 4.69) is 0 Å². The molecule has 0 fully saturated rings. The molecule has 2 N–H and O–H groups in total. The minimum atomic E-state index is -0.140. The van der Waals surface area contributed by atoms with E-state index in [0.717, 1.165) is 0 Å². The third-order valence-corrected chi connectivity index (χ3v) is 2.72. The summed E-state index contributed by atoms with van der Waals surface area (Å²) in [6, 6.07) is 4.60. The molecule has 0 heterocycles. The number of phenols is 1. The van der Waals surface area contributed by atoms with Crippen molar-refractivity contribution >= 4 is 17.5 Å². The maximum atomic E-state index is 11.9. The van der Waals surface area contributed by atoms with E-state index in [1.165, 1.54) is 11.0 Å². The minimum Gasteiger partial charge on any atom is -0.508 e. The molecule has 0 aromatic heterocycles. The van der Waals surface area contributed by atoms with Crippen molar-refractivity contribution in [1.29, 1.82) is 0 Å². The zero-order valence-corrected chi connectivity index (χ0v) is 10.4. The van der Waals surface area contributed by atoms with E-state index in [9.17, 15) is 9.90 Å². The summed E-state index contributed by atoms with van der Waals surface area (Å²) in [5, 5.41) is 18.9. The summed E-state index contributed by atoms with van der Waals surface area (Å²) in [4.78, 5) is 13.4. The van der Waals surface area contributed by atoms with E-state index in [4.69, 9.17) is 16.7 Å². The average molecular weight is 258 g/mol. The molecular weight excluding hydrogens is 242 g/mol. The number of carbonyl (C=O) groups is 1. The highest BCUT2D eigenvalue weighted by molar-refractivity contribution is 6.30. The smallest absolute Gasteiger partial charge is 0.227 e. The predicted octanol–water partition coefficient (Wildman–Crippen LogP) is 1.43. The van der Waals surface area contributed by atoms with Gasteiger partial charge in [-0.25, -0.2) is 0 Å². The second-order valence-electron chi connectivity index (χ2n) is 3.65. The molecule has 0 atom stereocenters. The molecule has 1 aromatic rings. The van der Waals surface area contributed by atoms with Gasteiger partial charge in [0.1, 0.15) is 5.75 Å². The van der Waals surface area contributed by atoms with E-state index in [1.54, 1.807) is 12.1 Å². The van der Waals surface area contributed by atoms with Crippen molar-refractivity contribution < 1.29 is 15.0 Å². The molecule has 0 radical (unpaired) electrons. The van der Waals surface area contributed by atoms with E-state index >= 15 is 0 Å². The van der Waals surface area contributed by atoms with Gasteiger partial charge in [-0.05, 0) is 25.1 Å². The second-order valence-corrected chi connectivity index (χ2v) is 4.08. The fraction of sp³-hybridized carbons (Fsp3) is 0.417. The lowest BCUT2D eigenvalue weighted by molar-refractivity contribution is -0.130. The first kappa shape index (κ1) is 13.8. The monoisotopic (exact) mass is 257 g/mol. The number of carbonyl (C=O) groups excluding carboxylic acids is 1. The van der Waals surface area contributed by atoms with Crippen LogP contribution >= 0.6 is 11.6 Å². The molecule has 0 aliphatic carbocycles. The van der Waals surface area contributed by atoms with Crippen LogP contribution in [0.1, 0.15) is 12.5 Å². The second kappa shape index (κ2) is 6.47. The first-order valence-corrected chi connectivity index (χ1v) is 5.82. The molecule has 0 spiro atoms. The van der Waals surface area contributed by atoms with Gasteiger partial charge in [0, 0.05) is 23.7 Å². The summed E-state index contributed by atoms with van der Waals surface area (Å²) in [5.74, 6) is -0.0816. The van der Waals surface area contributed by atoms with Crippen LogP contribution in [0.2, 0.25) is 5.02 Å². The van der Waals surface area contributed by atoms with Crippen molar-refractivity contribution in [2.45, 2.75) is 13.3 Å². The van der Waals surface area contributed by atoms with Crippen LogP contribution in [0, 0.1) is 0 Å². The fourth-order valence-corrected chi connectivity index (χ4v) is 1.74. The van der Waals surface area contributed by atoms with Crippen molar-refractivity contribution in [1.82, 2.24) is 4.90 Å². The number of rotatable bonds is 5. The maximum Gasteiger partial charge on any atom is 0.227 e. The molecule has 0 saturated carbocycles. The van der Waals surface area contributed by atoms with Gasteiger partial charge in [0.2, 0.25) is 5.91 Å². The van der Waals surface area contributed by atoms with Gasteiger partial charge < -0.3 is 15.1 Å². The van der Waals surface area contributed by atoms with Crippen LogP contribution in [0.3, 0.4) is 0 Å². The number of hydrogen-bond acceptors (Lipinski definition) is 3. The number of amides is 1. The molecule has 1 rings (SSSR count). The van der Waals surface area contributed by atoms with Crippen LogP contribution in [0.25, 0.3) is 0 Å². The summed E-state index contributed by atoms with van der Waals surface area (Å²) < 4.78 is 0. The number of hydrogen-bond donors (Lipinski definition) is 2. The lowest BCUT2D eigenvalue weighted by Gasteiger charge is -2.19. The number of phenolic OH excluding ortho intramolecular Hbond substituents is 1. The van der Waals surface area contributed by atoms with E-state index in [0.29, 0.717) is 23.7 Å². The summed E-state index contributed by atoms with van der Waals surface area (Å²) in [7, 11) is 0. The number of halogens is 1. The summed E-state index contributed by atoms with van der Waals surface area (Å²) in [6.07, 6.45) is 0.0836. The largest absolute Gasteiger partial charge is 0.508 e. The summed E-state index contributed by atoms with van der Waals surface area (Å²) in [5.41, 5.74) is 0.499. The number of benzene rings is 1. The molecule has 94 valence electrons. The molecule has 1 amide bonds. The van der Waals surface area contributed by atoms with Crippen LogP contribution in [0.4, 0.5) is 0 Å². The number of aromatic hydroxyl groups is 1. The number of aliphatic hydroxyl groups is 1.